The Morgan fingerprint density at radius 3 is 2.53 bits per heavy atom. The van der Waals surface area contributed by atoms with Gasteiger partial charge in [0.15, 0.2) is 0 Å². The number of likely N-dealkylation sites (N-methyl/N-ethyl adjacent to an activating group) is 1. The highest BCUT2D eigenvalue weighted by Gasteiger charge is 2.59. The Balaban J connectivity index is 1.45. The van der Waals surface area contributed by atoms with Crippen molar-refractivity contribution in [1.29, 1.82) is 0 Å². The highest BCUT2D eigenvalue weighted by molar-refractivity contribution is 6.03. The summed E-state index contributed by atoms with van der Waals surface area (Å²) in [5.74, 6) is -0.328. The maximum atomic E-state index is 13.0. The van der Waals surface area contributed by atoms with Gasteiger partial charge in [0.1, 0.15) is 12.6 Å². The largest absolute Gasteiger partial charge is 0.382 e. The smallest absolute Gasteiger partial charge is 0.233 e. The van der Waals surface area contributed by atoms with E-state index in [4.69, 9.17) is 0 Å². The molecule has 1 saturated carbocycles. The topological polar surface area (TPSA) is 57.6 Å². The molecule has 0 bridgehead atoms. The Morgan fingerprint density at radius 1 is 1.21 bits per heavy atom. The molecule has 1 aliphatic carbocycles. The van der Waals surface area contributed by atoms with Gasteiger partial charge in [-0.3, -0.25) is 14.5 Å². The van der Waals surface area contributed by atoms with Crippen molar-refractivity contribution in [3.63, 3.8) is 0 Å². The van der Waals surface area contributed by atoms with Gasteiger partial charge in [0.2, 0.25) is 11.8 Å². The number of carbonyl (C=O) groups excluding carboxylic acids is 2. The minimum Gasteiger partial charge on any atom is -0.382 e. The SMILES string of the molecule is C=C(CC1CC(=O)N(CCC[N+](C)(C)CC(O)c2ccccc2)C1=O)CC1(C)CC1(C)CCC. The second kappa shape index (κ2) is 10.3. The van der Waals surface area contributed by atoms with Gasteiger partial charge in [-0.2, -0.15) is 0 Å². The third kappa shape index (κ3) is 6.17. The van der Waals surface area contributed by atoms with Crippen LogP contribution in [0.5, 0.6) is 0 Å². The zero-order chi connectivity index (χ0) is 25.1. The fourth-order valence-electron chi connectivity index (χ4n) is 6.15. The van der Waals surface area contributed by atoms with Crippen LogP contribution in [0.15, 0.2) is 42.5 Å². The second-order valence-electron chi connectivity index (χ2n) is 12.1. The van der Waals surface area contributed by atoms with Crippen LogP contribution in [0.1, 0.15) is 77.4 Å². The van der Waals surface area contributed by atoms with Gasteiger partial charge in [-0.1, -0.05) is 69.7 Å². The number of likely N-dealkylation sites (tertiary alicyclic amines) is 1. The Labute approximate surface area is 206 Å². The molecule has 1 aromatic carbocycles. The molecule has 1 N–H and O–H groups in total. The third-order valence-electron chi connectivity index (χ3n) is 8.42. The van der Waals surface area contributed by atoms with E-state index in [-0.39, 0.29) is 17.7 Å². The van der Waals surface area contributed by atoms with Gasteiger partial charge in [-0.15, -0.1) is 0 Å². The van der Waals surface area contributed by atoms with E-state index in [2.05, 4.69) is 41.4 Å². The van der Waals surface area contributed by atoms with Gasteiger partial charge >= 0.3 is 0 Å². The number of allylic oxidation sites excluding steroid dienone is 1. The Bertz CT molecular complexity index is 896. The van der Waals surface area contributed by atoms with E-state index >= 15 is 0 Å². The van der Waals surface area contributed by atoms with Crippen LogP contribution in [0.3, 0.4) is 0 Å². The molecule has 3 rings (SSSR count). The summed E-state index contributed by atoms with van der Waals surface area (Å²) in [6.45, 7) is 13.1. The van der Waals surface area contributed by atoms with Crippen molar-refractivity contribution >= 4 is 11.8 Å². The molecule has 0 aromatic heterocycles. The highest BCUT2D eigenvalue weighted by Crippen LogP contribution is 2.68. The molecule has 0 radical (unpaired) electrons. The van der Waals surface area contributed by atoms with E-state index in [9.17, 15) is 14.7 Å². The predicted molar refractivity (Wildman–Crippen MR) is 137 cm³/mol. The summed E-state index contributed by atoms with van der Waals surface area (Å²) in [5.41, 5.74) is 2.71. The standard InChI is InChI=1S/C29H45N2O3/c1-7-14-28(3)21-29(28,4)19-22(2)17-24-18-26(33)30(27(24)34)15-11-16-31(5,6)20-25(32)23-12-9-8-10-13-23/h8-10,12-13,24-25,32H,2,7,11,14-21H2,1,3-6H3/q+1. The van der Waals surface area contributed by atoms with E-state index in [0.717, 1.165) is 30.5 Å². The molecule has 2 aliphatic rings. The number of quaternary nitrogens is 1. The summed E-state index contributed by atoms with van der Waals surface area (Å²) >= 11 is 0. The van der Waals surface area contributed by atoms with Crippen LogP contribution in [-0.4, -0.2) is 60.0 Å². The quantitative estimate of drug-likeness (QED) is 0.248. The van der Waals surface area contributed by atoms with Crippen LogP contribution >= 0.6 is 0 Å². The normalized spacial score (nSPS) is 27.8. The van der Waals surface area contributed by atoms with E-state index in [1.807, 2.05) is 30.3 Å². The molecule has 4 unspecified atom stereocenters. The summed E-state index contributed by atoms with van der Waals surface area (Å²) in [7, 11) is 4.16. The first-order valence-electron chi connectivity index (χ1n) is 13.0. The Kier molecular flexibility index (Phi) is 8.09. The summed E-state index contributed by atoms with van der Waals surface area (Å²) in [5, 5.41) is 10.6. The molecule has 5 nitrogen and oxygen atoms in total. The van der Waals surface area contributed by atoms with Crippen molar-refractivity contribution in [1.82, 2.24) is 4.90 Å². The van der Waals surface area contributed by atoms with E-state index < -0.39 is 6.10 Å². The second-order valence-corrected chi connectivity index (χ2v) is 12.1. The number of aliphatic hydroxyl groups is 1. The number of hydrogen-bond acceptors (Lipinski definition) is 3. The molecule has 188 valence electrons. The average Bonchev–Trinajstić information content (AvgIpc) is 3.17. The van der Waals surface area contributed by atoms with Gasteiger partial charge in [0.25, 0.3) is 0 Å². The maximum absolute atomic E-state index is 13.0. The van der Waals surface area contributed by atoms with Gasteiger partial charge in [0, 0.05) is 19.4 Å². The van der Waals surface area contributed by atoms with E-state index in [1.54, 1.807) is 0 Å². The third-order valence-corrected chi connectivity index (χ3v) is 8.42. The zero-order valence-electron chi connectivity index (χ0n) is 22.0. The predicted octanol–water partition coefficient (Wildman–Crippen LogP) is 5.11. The summed E-state index contributed by atoms with van der Waals surface area (Å²) in [6.07, 6.45) is 5.75. The van der Waals surface area contributed by atoms with Crippen LogP contribution < -0.4 is 0 Å². The van der Waals surface area contributed by atoms with Gasteiger partial charge < -0.3 is 9.59 Å². The first-order chi connectivity index (χ1) is 15.9. The number of imide groups is 1. The van der Waals surface area contributed by atoms with Crippen molar-refractivity contribution < 1.29 is 19.2 Å². The van der Waals surface area contributed by atoms with Crippen molar-refractivity contribution in [3.8, 4) is 0 Å². The van der Waals surface area contributed by atoms with Crippen molar-refractivity contribution in [2.24, 2.45) is 16.7 Å². The van der Waals surface area contributed by atoms with Gasteiger partial charge in [0.05, 0.1) is 26.6 Å². The fourth-order valence-corrected chi connectivity index (χ4v) is 6.15. The minimum absolute atomic E-state index is 0.0296. The molecule has 1 aliphatic heterocycles. The Hall–Kier alpha value is -1.98. The Morgan fingerprint density at radius 2 is 1.88 bits per heavy atom. The lowest BCUT2D eigenvalue weighted by molar-refractivity contribution is -0.894. The number of aliphatic hydroxyl groups excluding tert-OH is 1. The summed E-state index contributed by atoms with van der Waals surface area (Å²) in [6, 6.07) is 9.69. The molecular formula is C29H45N2O3+. The van der Waals surface area contributed by atoms with Gasteiger partial charge in [-0.05, 0) is 42.1 Å². The summed E-state index contributed by atoms with van der Waals surface area (Å²) < 4.78 is 0.627. The first kappa shape index (κ1) is 26.6. The first-order valence-corrected chi connectivity index (χ1v) is 13.0. The molecule has 5 heteroatoms. The van der Waals surface area contributed by atoms with Gasteiger partial charge in [-0.25, -0.2) is 0 Å². The van der Waals surface area contributed by atoms with Crippen LogP contribution in [0.4, 0.5) is 0 Å². The molecule has 0 spiro atoms. The number of amides is 2. The highest BCUT2D eigenvalue weighted by atomic mass is 16.3. The molecular weight excluding hydrogens is 424 g/mol. The van der Waals surface area contributed by atoms with Crippen LogP contribution in [0, 0.1) is 16.7 Å². The number of rotatable bonds is 13. The lowest BCUT2D eigenvalue weighted by Gasteiger charge is -2.32. The number of carbonyl (C=O) groups is 2. The van der Waals surface area contributed by atoms with Crippen molar-refractivity contribution in [2.45, 2.75) is 71.8 Å². The number of hydrogen-bond donors (Lipinski definition) is 1. The lowest BCUT2D eigenvalue weighted by atomic mass is 9.84. The molecule has 4 atom stereocenters. The van der Waals surface area contributed by atoms with Crippen molar-refractivity contribution in [3.05, 3.63) is 48.0 Å². The van der Waals surface area contributed by atoms with E-state index in [1.165, 1.54) is 24.2 Å². The molecule has 1 aromatic rings. The number of benzene rings is 1. The number of nitrogens with zero attached hydrogens (tertiary/aromatic N) is 2. The molecule has 1 saturated heterocycles. The summed E-state index contributed by atoms with van der Waals surface area (Å²) in [4.78, 5) is 27.1. The molecule has 1 heterocycles. The minimum atomic E-state index is -0.533. The van der Waals surface area contributed by atoms with Crippen LogP contribution in [0.25, 0.3) is 0 Å². The maximum Gasteiger partial charge on any atom is 0.233 e. The molecule has 2 fully saturated rings. The monoisotopic (exact) mass is 469 g/mol. The average molecular weight is 470 g/mol. The lowest BCUT2D eigenvalue weighted by Crippen LogP contribution is -2.45. The van der Waals surface area contributed by atoms with E-state index in [0.29, 0.717) is 41.2 Å². The van der Waals surface area contributed by atoms with Crippen molar-refractivity contribution in [2.75, 3.05) is 33.7 Å². The fraction of sp³-hybridized carbons (Fsp3) is 0.655. The molecule has 2 amide bonds. The molecule has 34 heavy (non-hydrogen) atoms. The zero-order valence-corrected chi connectivity index (χ0v) is 22.0. The van der Waals surface area contributed by atoms with Crippen LogP contribution in [0.2, 0.25) is 0 Å². The van der Waals surface area contributed by atoms with Crippen LogP contribution in [-0.2, 0) is 9.59 Å².